The Hall–Kier alpha value is -1.14. The van der Waals surface area contributed by atoms with E-state index in [9.17, 15) is 13.0 Å². The highest BCUT2D eigenvalue weighted by Gasteiger charge is 1.86. The van der Waals surface area contributed by atoms with Gasteiger partial charge < -0.3 is 4.55 Å². The van der Waals surface area contributed by atoms with Gasteiger partial charge in [-0.25, -0.2) is 8.42 Å². The smallest absolute Gasteiger partial charge is 0.222 e. The second kappa shape index (κ2) is 6.33. The monoisotopic (exact) mass is 219 g/mol. The first-order valence-corrected chi connectivity index (χ1v) is 5.62. The Morgan fingerprint density at radius 1 is 1.29 bits per heavy atom. The summed E-state index contributed by atoms with van der Waals surface area (Å²) >= 11 is 0. The number of hydrogen-bond donors (Lipinski definition) is 1. The van der Waals surface area contributed by atoms with E-state index in [-0.39, 0.29) is 5.75 Å². The van der Waals surface area contributed by atoms with Gasteiger partial charge in [0.2, 0.25) is 12.4 Å². The van der Waals surface area contributed by atoms with Crippen LogP contribution in [0.2, 0.25) is 0 Å². The highest BCUT2D eigenvalue weighted by Crippen LogP contribution is 1.83. The largest absolute Gasteiger partial charge is 0.748 e. The molecule has 0 unspecified atom stereocenters. The van der Waals surface area contributed by atoms with Crippen LogP contribution in [0.4, 0.5) is 0 Å². The third-order valence-electron chi connectivity index (χ3n) is 1.15. The van der Waals surface area contributed by atoms with Crippen LogP contribution < -0.4 is 4.73 Å². The zero-order chi connectivity index (χ0) is 11.0. The fourth-order valence-electron chi connectivity index (χ4n) is 0.640. The summed E-state index contributed by atoms with van der Waals surface area (Å²) in [5.41, 5.74) is 0. The Morgan fingerprint density at radius 3 is 1.93 bits per heavy atom. The van der Waals surface area contributed by atoms with Crippen molar-refractivity contribution in [2.75, 3.05) is 5.75 Å². The van der Waals surface area contributed by atoms with E-state index in [2.05, 4.69) is 0 Å². The van der Waals surface area contributed by atoms with Crippen molar-refractivity contribution in [1.82, 2.24) is 0 Å². The molecule has 0 amide bonds. The van der Waals surface area contributed by atoms with Gasteiger partial charge in [-0.15, -0.1) is 0 Å². The molecule has 0 radical (unpaired) electrons. The van der Waals surface area contributed by atoms with Gasteiger partial charge in [-0.2, -0.15) is 0 Å². The van der Waals surface area contributed by atoms with Crippen LogP contribution in [0.5, 0.6) is 0 Å². The van der Waals surface area contributed by atoms with E-state index >= 15 is 0 Å². The molecule has 0 bridgehead atoms. The molecule has 0 spiro atoms. The molecule has 0 aromatic carbocycles. The average molecular weight is 219 g/mol. The van der Waals surface area contributed by atoms with Crippen molar-refractivity contribution < 1.29 is 22.9 Å². The summed E-state index contributed by atoms with van der Waals surface area (Å²) in [6, 6.07) is 5.34. The highest BCUT2D eigenvalue weighted by atomic mass is 32.2. The molecule has 80 valence electrons. The van der Waals surface area contributed by atoms with Gasteiger partial charge in [-0.05, 0) is 6.42 Å². The van der Waals surface area contributed by atoms with Crippen molar-refractivity contribution >= 4 is 10.1 Å². The molecule has 0 aliphatic carbocycles. The van der Waals surface area contributed by atoms with Gasteiger partial charge in [-0.1, -0.05) is 13.0 Å². The number of aromatic nitrogens is 1. The number of nitrogens with zero attached hydrogens (tertiary/aromatic N) is 1. The minimum Gasteiger partial charge on any atom is -0.748 e. The third kappa shape index (κ3) is 8.95. The molecule has 6 heteroatoms. The zero-order valence-electron chi connectivity index (χ0n) is 7.83. The quantitative estimate of drug-likeness (QED) is 0.436. The Balaban J connectivity index is 0.000000241. The number of rotatable bonds is 2. The number of hydrogen-bond acceptors (Lipinski definition) is 4. The fourth-order valence-corrected chi connectivity index (χ4v) is 1.14. The normalized spacial score (nSPS) is 10.1. The average Bonchev–Trinajstić information content (AvgIpc) is 2.04. The molecule has 1 aromatic heterocycles. The van der Waals surface area contributed by atoms with E-state index in [0.29, 0.717) is 6.42 Å². The van der Waals surface area contributed by atoms with Gasteiger partial charge in [-0.3, -0.25) is 5.21 Å². The first kappa shape index (κ1) is 12.9. The highest BCUT2D eigenvalue weighted by molar-refractivity contribution is 7.85. The maximum Gasteiger partial charge on any atom is 0.222 e. The van der Waals surface area contributed by atoms with E-state index in [4.69, 9.17) is 5.21 Å². The first-order chi connectivity index (χ1) is 6.45. The molecule has 0 saturated carbocycles. The predicted octanol–water partition coefficient (Wildman–Crippen LogP) is 0.153. The summed E-state index contributed by atoms with van der Waals surface area (Å²) in [6.45, 7) is 1.65. The Kier molecular flexibility index (Phi) is 5.82. The van der Waals surface area contributed by atoms with Crippen LogP contribution in [-0.4, -0.2) is 23.9 Å². The molecule has 0 atom stereocenters. The molecule has 0 aliphatic rings. The Bertz CT molecular complexity index is 336. The summed E-state index contributed by atoms with van der Waals surface area (Å²) < 4.78 is 30.0. The molecule has 14 heavy (non-hydrogen) atoms. The van der Waals surface area contributed by atoms with Gasteiger partial charge in [0, 0.05) is 22.6 Å². The molecular weight excluding hydrogens is 206 g/mol. The lowest BCUT2D eigenvalue weighted by atomic mass is 10.5. The van der Waals surface area contributed by atoms with Crippen molar-refractivity contribution in [3.63, 3.8) is 0 Å². The lowest BCUT2D eigenvalue weighted by Crippen LogP contribution is -2.27. The maximum atomic E-state index is 9.68. The standard InChI is InChI=1S/C5H6NO.C3H8O3S/c7-6-4-2-1-3-5-6;1-2-3-7(4,5)6/h1-5,7H;2-3H2,1H3,(H,4,5,6)/q+1;/p-1. The molecule has 1 N–H and O–H groups in total. The van der Waals surface area contributed by atoms with Crippen LogP contribution in [0.15, 0.2) is 30.6 Å². The zero-order valence-corrected chi connectivity index (χ0v) is 8.64. The van der Waals surface area contributed by atoms with Crippen molar-refractivity contribution in [1.29, 1.82) is 0 Å². The van der Waals surface area contributed by atoms with Crippen LogP contribution in [0.1, 0.15) is 13.3 Å². The van der Waals surface area contributed by atoms with Gasteiger partial charge >= 0.3 is 0 Å². The summed E-state index contributed by atoms with van der Waals surface area (Å²) in [5.74, 6) is -0.243. The van der Waals surface area contributed by atoms with Crippen LogP contribution >= 0.6 is 0 Å². The van der Waals surface area contributed by atoms with Crippen molar-refractivity contribution in [2.24, 2.45) is 0 Å². The van der Waals surface area contributed by atoms with Crippen LogP contribution in [0, 0.1) is 0 Å². The molecule has 5 nitrogen and oxygen atoms in total. The van der Waals surface area contributed by atoms with Gasteiger partial charge in [0.1, 0.15) is 0 Å². The van der Waals surface area contributed by atoms with E-state index in [0.717, 1.165) is 4.73 Å². The first-order valence-electron chi connectivity index (χ1n) is 4.05. The number of pyridine rings is 1. The minimum absolute atomic E-state index is 0.243. The molecule has 0 fully saturated rings. The van der Waals surface area contributed by atoms with Gasteiger partial charge in [0.15, 0.2) is 0 Å². The van der Waals surface area contributed by atoms with Crippen LogP contribution in [0.25, 0.3) is 0 Å². The Labute approximate surface area is 83.3 Å². The predicted molar refractivity (Wildman–Crippen MR) is 48.7 cm³/mol. The van der Waals surface area contributed by atoms with Crippen molar-refractivity contribution in [3.05, 3.63) is 30.6 Å². The maximum absolute atomic E-state index is 9.68. The summed E-state index contributed by atoms with van der Waals surface area (Å²) in [4.78, 5) is 0. The van der Waals surface area contributed by atoms with E-state index in [1.807, 2.05) is 6.07 Å². The molecule has 1 heterocycles. The molecule has 0 aliphatic heterocycles. The van der Waals surface area contributed by atoms with Crippen molar-refractivity contribution in [3.8, 4) is 0 Å². The van der Waals surface area contributed by atoms with Crippen LogP contribution in [-0.2, 0) is 10.1 Å². The van der Waals surface area contributed by atoms with Gasteiger partial charge in [0.05, 0.1) is 10.1 Å². The molecule has 1 rings (SSSR count). The van der Waals surface area contributed by atoms with Crippen molar-refractivity contribution in [2.45, 2.75) is 13.3 Å². The summed E-state index contributed by atoms with van der Waals surface area (Å²) in [6.07, 6.45) is 3.52. The SMILES string of the molecule is CCCS(=O)(=O)[O-].O[n+]1ccccc1. The summed E-state index contributed by atoms with van der Waals surface area (Å²) in [5, 5.41) is 8.55. The fraction of sp³-hybridized carbons (Fsp3) is 0.375. The Morgan fingerprint density at radius 2 is 1.79 bits per heavy atom. The molecule has 1 aromatic rings. The minimum atomic E-state index is -3.92. The van der Waals surface area contributed by atoms with Crippen LogP contribution in [0.3, 0.4) is 0 Å². The van der Waals surface area contributed by atoms with E-state index < -0.39 is 10.1 Å². The van der Waals surface area contributed by atoms with E-state index in [1.165, 1.54) is 0 Å². The van der Waals surface area contributed by atoms with Gasteiger partial charge in [0.25, 0.3) is 0 Å². The third-order valence-corrected chi connectivity index (χ3v) is 2.06. The van der Waals surface area contributed by atoms with E-state index in [1.54, 1.807) is 31.5 Å². The topological polar surface area (TPSA) is 81.3 Å². The second-order valence-electron chi connectivity index (χ2n) is 2.52. The lowest BCUT2D eigenvalue weighted by molar-refractivity contribution is -0.904. The molecular formula is C8H13NO4S. The summed E-state index contributed by atoms with van der Waals surface area (Å²) in [7, 11) is -3.92. The molecule has 0 saturated heterocycles. The second-order valence-corrected chi connectivity index (χ2v) is 4.04. The lowest BCUT2D eigenvalue weighted by Gasteiger charge is -2.00.